The van der Waals surface area contributed by atoms with E-state index < -0.39 is 0 Å². The minimum absolute atomic E-state index is 0.122. The maximum absolute atomic E-state index is 5.72. The second kappa shape index (κ2) is 6.83. The van der Waals surface area contributed by atoms with E-state index in [9.17, 15) is 0 Å². The zero-order chi connectivity index (χ0) is 13.8. The van der Waals surface area contributed by atoms with E-state index in [-0.39, 0.29) is 6.04 Å². The van der Waals surface area contributed by atoms with Gasteiger partial charge in [-0.15, -0.1) is 0 Å². The predicted octanol–water partition coefficient (Wildman–Crippen LogP) is 4.11. The van der Waals surface area contributed by atoms with Gasteiger partial charge in [0.25, 0.3) is 0 Å². The molecule has 0 bridgehead atoms. The molecule has 100 valence electrons. The number of halogens is 2. The van der Waals surface area contributed by atoms with Crippen LogP contribution in [0.2, 0.25) is 0 Å². The number of rotatable bonds is 4. The van der Waals surface area contributed by atoms with Crippen LogP contribution < -0.4 is 11.3 Å². The lowest BCUT2D eigenvalue weighted by Crippen LogP contribution is -2.29. The van der Waals surface area contributed by atoms with Crippen molar-refractivity contribution in [1.82, 2.24) is 5.43 Å². The summed E-state index contributed by atoms with van der Waals surface area (Å²) < 4.78 is 2.34. The summed E-state index contributed by atoms with van der Waals surface area (Å²) in [7, 11) is 0. The van der Waals surface area contributed by atoms with Crippen LogP contribution in [0.4, 0.5) is 0 Å². The highest BCUT2D eigenvalue weighted by Crippen LogP contribution is 2.23. The lowest BCUT2D eigenvalue weighted by molar-refractivity contribution is 0.551. The van der Waals surface area contributed by atoms with Crippen LogP contribution in [-0.2, 0) is 6.42 Å². The van der Waals surface area contributed by atoms with Gasteiger partial charge in [0.15, 0.2) is 0 Å². The Balaban J connectivity index is 2.22. The molecule has 0 heterocycles. The molecule has 0 aliphatic carbocycles. The van der Waals surface area contributed by atoms with Gasteiger partial charge in [-0.25, -0.2) is 0 Å². The van der Waals surface area contributed by atoms with E-state index in [0.717, 1.165) is 10.9 Å². The summed E-state index contributed by atoms with van der Waals surface area (Å²) in [5.74, 6) is 5.72. The van der Waals surface area contributed by atoms with E-state index >= 15 is 0 Å². The maximum Gasteiger partial charge on any atom is 0.0500 e. The van der Waals surface area contributed by atoms with Gasteiger partial charge in [-0.2, -0.15) is 0 Å². The molecule has 2 aromatic rings. The van der Waals surface area contributed by atoms with Crippen LogP contribution in [0.5, 0.6) is 0 Å². The summed E-state index contributed by atoms with van der Waals surface area (Å²) in [6, 6.07) is 15.0. The molecule has 0 saturated heterocycles. The Morgan fingerprint density at radius 2 is 1.89 bits per heavy atom. The Morgan fingerprint density at radius 1 is 1.21 bits per heavy atom. The van der Waals surface area contributed by atoms with Gasteiger partial charge < -0.3 is 0 Å². The molecule has 0 aliphatic heterocycles. The minimum atomic E-state index is 0.122. The number of nitrogens with two attached hydrogens (primary N) is 1. The van der Waals surface area contributed by atoms with Crippen LogP contribution in [0, 0.1) is 10.5 Å². The molecule has 4 heteroatoms. The monoisotopic (exact) mass is 430 g/mol. The zero-order valence-corrected chi connectivity index (χ0v) is 14.4. The molecule has 2 rings (SSSR count). The predicted molar refractivity (Wildman–Crippen MR) is 91.8 cm³/mol. The third-order valence-electron chi connectivity index (χ3n) is 3.02. The molecule has 2 aromatic carbocycles. The lowest BCUT2D eigenvalue weighted by atomic mass is 9.98. The largest absolute Gasteiger partial charge is 0.271 e. The van der Waals surface area contributed by atoms with Crippen molar-refractivity contribution in [2.24, 2.45) is 5.84 Å². The minimum Gasteiger partial charge on any atom is -0.271 e. The summed E-state index contributed by atoms with van der Waals surface area (Å²) in [5.41, 5.74) is 6.62. The Labute approximate surface area is 136 Å². The van der Waals surface area contributed by atoms with Gasteiger partial charge in [0.2, 0.25) is 0 Å². The smallest absolute Gasteiger partial charge is 0.0500 e. The van der Waals surface area contributed by atoms with Gasteiger partial charge in [0, 0.05) is 8.04 Å². The molecule has 1 unspecified atom stereocenters. The SMILES string of the molecule is Cc1cc(Br)cc(C(Cc2ccc(I)cc2)NN)c1. The summed E-state index contributed by atoms with van der Waals surface area (Å²) in [6.07, 6.45) is 0.878. The van der Waals surface area contributed by atoms with E-state index in [1.807, 2.05) is 0 Å². The molecule has 1 atom stereocenters. The van der Waals surface area contributed by atoms with Crippen LogP contribution in [0.3, 0.4) is 0 Å². The van der Waals surface area contributed by atoms with E-state index in [1.165, 1.54) is 20.3 Å². The molecule has 0 aliphatic rings. The van der Waals surface area contributed by atoms with Gasteiger partial charge in [-0.3, -0.25) is 11.3 Å². The highest BCUT2D eigenvalue weighted by atomic mass is 127. The number of benzene rings is 2. The number of hydrogen-bond acceptors (Lipinski definition) is 2. The average Bonchev–Trinajstić information content (AvgIpc) is 2.37. The van der Waals surface area contributed by atoms with Crippen LogP contribution in [0.25, 0.3) is 0 Å². The summed E-state index contributed by atoms with van der Waals surface area (Å²) >= 11 is 5.85. The fraction of sp³-hybridized carbons (Fsp3) is 0.200. The molecule has 19 heavy (non-hydrogen) atoms. The van der Waals surface area contributed by atoms with Crippen molar-refractivity contribution < 1.29 is 0 Å². The summed E-state index contributed by atoms with van der Waals surface area (Å²) in [5, 5.41) is 0. The first-order valence-corrected chi connectivity index (χ1v) is 7.93. The van der Waals surface area contributed by atoms with Crippen molar-refractivity contribution in [3.8, 4) is 0 Å². The van der Waals surface area contributed by atoms with Crippen LogP contribution in [0.15, 0.2) is 46.9 Å². The molecule has 0 aromatic heterocycles. The van der Waals surface area contributed by atoms with Crippen molar-refractivity contribution in [3.63, 3.8) is 0 Å². The van der Waals surface area contributed by atoms with Crippen molar-refractivity contribution >= 4 is 38.5 Å². The Bertz CT molecular complexity index is 534. The first kappa shape index (κ1) is 15.0. The third-order valence-corrected chi connectivity index (χ3v) is 4.20. The highest BCUT2D eigenvalue weighted by Gasteiger charge is 2.11. The second-order valence-corrected chi connectivity index (χ2v) is 6.77. The molecule has 0 fully saturated rings. The first-order chi connectivity index (χ1) is 9.08. The maximum atomic E-state index is 5.72. The normalized spacial score (nSPS) is 12.4. The molecule has 0 spiro atoms. The third kappa shape index (κ3) is 4.27. The molecule has 2 nitrogen and oxygen atoms in total. The van der Waals surface area contributed by atoms with Gasteiger partial charge in [-0.05, 0) is 76.9 Å². The number of hydrazine groups is 1. The lowest BCUT2D eigenvalue weighted by Gasteiger charge is -2.17. The summed E-state index contributed by atoms with van der Waals surface area (Å²) in [4.78, 5) is 0. The standard InChI is InChI=1S/C15H16BrIN2/c1-10-6-12(9-13(16)7-10)15(19-18)8-11-2-4-14(17)5-3-11/h2-7,9,15,19H,8,18H2,1H3. The average molecular weight is 431 g/mol. The fourth-order valence-electron chi connectivity index (χ4n) is 2.09. The Kier molecular flexibility index (Phi) is 5.38. The van der Waals surface area contributed by atoms with Crippen molar-refractivity contribution in [2.75, 3.05) is 0 Å². The zero-order valence-electron chi connectivity index (χ0n) is 10.7. The number of nitrogens with one attached hydrogen (secondary N) is 1. The second-order valence-electron chi connectivity index (χ2n) is 4.61. The molecule has 0 radical (unpaired) electrons. The van der Waals surface area contributed by atoms with Crippen LogP contribution >= 0.6 is 38.5 Å². The molecular weight excluding hydrogens is 415 g/mol. The van der Waals surface area contributed by atoms with E-state index in [4.69, 9.17) is 5.84 Å². The Morgan fingerprint density at radius 3 is 2.47 bits per heavy atom. The fourth-order valence-corrected chi connectivity index (χ4v) is 3.08. The van der Waals surface area contributed by atoms with Gasteiger partial charge in [0.1, 0.15) is 0 Å². The van der Waals surface area contributed by atoms with Gasteiger partial charge in [-0.1, -0.05) is 34.1 Å². The molecule has 3 N–H and O–H groups in total. The van der Waals surface area contributed by atoms with E-state index in [0.29, 0.717) is 0 Å². The van der Waals surface area contributed by atoms with E-state index in [1.54, 1.807) is 0 Å². The van der Waals surface area contributed by atoms with Crippen LogP contribution in [-0.4, -0.2) is 0 Å². The Hall–Kier alpha value is -0.430. The first-order valence-electron chi connectivity index (χ1n) is 6.06. The number of hydrogen-bond donors (Lipinski definition) is 2. The summed E-state index contributed by atoms with van der Waals surface area (Å²) in [6.45, 7) is 2.09. The molecule has 0 amide bonds. The molecule has 0 saturated carbocycles. The van der Waals surface area contributed by atoms with E-state index in [2.05, 4.69) is 93.3 Å². The number of aryl methyl sites for hydroxylation is 1. The van der Waals surface area contributed by atoms with Crippen molar-refractivity contribution in [3.05, 3.63) is 67.2 Å². The van der Waals surface area contributed by atoms with Crippen molar-refractivity contribution in [1.29, 1.82) is 0 Å². The highest BCUT2D eigenvalue weighted by molar-refractivity contribution is 14.1. The quantitative estimate of drug-likeness (QED) is 0.435. The van der Waals surface area contributed by atoms with Crippen molar-refractivity contribution in [2.45, 2.75) is 19.4 Å². The molecular formula is C15H16BrIN2. The van der Waals surface area contributed by atoms with Crippen LogP contribution in [0.1, 0.15) is 22.7 Å². The topological polar surface area (TPSA) is 38.0 Å². The van der Waals surface area contributed by atoms with Gasteiger partial charge >= 0.3 is 0 Å². The van der Waals surface area contributed by atoms with Gasteiger partial charge in [0.05, 0.1) is 6.04 Å².